The van der Waals surface area contributed by atoms with Crippen LogP contribution < -0.4 is 0 Å². The minimum absolute atomic E-state index is 0.149. The molecule has 0 aliphatic carbocycles. The average molecular weight is 470 g/mol. The van der Waals surface area contributed by atoms with Gasteiger partial charge < -0.3 is 4.74 Å². The van der Waals surface area contributed by atoms with Crippen molar-refractivity contribution >= 4 is 44.1 Å². The van der Waals surface area contributed by atoms with Crippen LogP contribution in [-0.4, -0.2) is 18.4 Å². The van der Waals surface area contributed by atoms with Crippen molar-refractivity contribution < 1.29 is 18.9 Å². The Kier molecular flexibility index (Phi) is 13.3. The SMILES string of the molecule is CCCCCCCCOC(=O)C(C(=O)c1c(Cl)cccc1Cl)c1ccccc1.O=[PH2+]. The van der Waals surface area contributed by atoms with Crippen LogP contribution in [0.2, 0.25) is 10.0 Å². The topological polar surface area (TPSA) is 60.4 Å². The number of halogens is 2. The second-order valence-electron chi connectivity index (χ2n) is 6.74. The Morgan fingerprint density at radius 1 is 0.867 bits per heavy atom. The number of ketones is 1. The molecular formula is C23H28Cl2O4P+. The Morgan fingerprint density at radius 2 is 1.43 bits per heavy atom. The molecule has 162 valence electrons. The van der Waals surface area contributed by atoms with Gasteiger partial charge in [0.25, 0.3) is 0 Å². The monoisotopic (exact) mass is 469 g/mol. The maximum absolute atomic E-state index is 13.2. The van der Waals surface area contributed by atoms with Crippen molar-refractivity contribution in [3.63, 3.8) is 0 Å². The highest BCUT2D eigenvalue weighted by atomic mass is 35.5. The largest absolute Gasteiger partial charge is 0.465 e. The van der Waals surface area contributed by atoms with Crippen molar-refractivity contribution in [2.45, 2.75) is 51.4 Å². The predicted octanol–water partition coefficient (Wildman–Crippen LogP) is 7.07. The molecule has 0 aliphatic rings. The molecule has 4 nitrogen and oxygen atoms in total. The normalized spacial score (nSPS) is 11.2. The maximum Gasteiger partial charge on any atom is 0.321 e. The lowest BCUT2D eigenvalue weighted by Crippen LogP contribution is -2.25. The van der Waals surface area contributed by atoms with Crippen LogP contribution in [-0.2, 0) is 14.1 Å². The highest BCUT2D eigenvalue weighted by Gasteiger charge is 2.33. The summed E-state index contributed by atoms with van der Waals surface area (Å²) >= 11 is 12.4. The highest BCUT2D eigenvalue weighted by molar-refractivity contribution is 7.00. The first kappa shape index (κ1) is 26.3. The first-order valence-corrected chi connectivity index (χ1v) is 11.2. The predicted molar refractivity (Wildman–Crippen MR) is 125 cm³/mol. The quantitative estimate of drug-likeness (QED) is 0.116. The number of hydrogen-bond acceptors (Lipinski definition) is 4. The number of unbranched alkanes of at least 4 members (excludes halogenated alkanes) is 5. The number of carbonyl (C=O) groups is 2. The van der Waals surface area contributed by atoms with Gasteiger partial charge in [-0.25, -0.2) is 0 Å². The number of Topliss-reactive ketones (excluding diaryl/α,β-unsaturated/α-hetero) is 1. The van der Waals surface area contributed by atoms with Gasteiger partial charge in [-0.15, -0.1) is 0 Å². The van der Waals surface area contributed by atoms with Crippen molar-refractivity contribution in [1.29, 1.82) is 0 Å². The van der Waals surface area contributed by atoms with E-state index < -0.39 is 17.7 Å². The van der Waals surface area contributed by atoms with Crippen LogP contribution in [0.5, 0.6) is 0 Å². The zero-order valence-corrected chi connectivity index (χ0v) is 19.8. The molecule has 0 bridgehead atoms. The second kappa shape index (κ2) is 15.1. The Hall–Kier alpha value is -1.74. The summed E-state index contributed by atoms with van der Waals surface area (Å²) in [5.74, 6) is -2.10. The van der Waals surface area contributed by atoms with Crippen LogP contribution in [0, 0.1) is 0 Å². The van der Waals surface area contributed by atoms with E-state index >= 15 is 0 Å². The molecule has 0 aromatic heterocycles. The van der Waals surface area contributed by atoms with Gasteiger partial charge in [0, 0.05) is 0 Å². The maximum atomic E-state index is 13.2. The smallest absolute Gasteiger partial charge is 0.321 e. The van der Waals surface area contributed by atoms with E-state index in [-0.39, 0.29) is 15.6 Å². The summed E-state index contributed by atoms with van der Waals surface area (Å²) in [6.07, 6.45) is 6.54. The molecule has 30 heavy (non-hydrogen) atoms. The van der Waals surface area contributed by atoms with E-state index in [9.17, 15) is 9.59 Å². The number of benzene rings is 2. The first-order chi connectivity index (χ1) is 14.6. The molecule has 2 rings (SSSR count). The van der Waals surface area contributed by atoms with Gasteiger partial charge in [-0.1, -0.05) is 103 Å². The molecule has 0 heterocycles. The minimum atomic E-state index is -1.08. The summed E-state index contributed by atoms with van der Waals surface area (Å²) < 4.78 is 13.6. The first-order valence-electron chi connectivity index (χ1n) is 9.99. The third-order valence-corrected chi connectivity index (χ3v) is 5.21. The van der Waals surface area contributed by atoms with E-state index in [2.05, 4.69) is 6.92 Å². The van der Waals surface area contributed by atoms with Gasteiger partial charge >= 0.3 is 15.1 Å². The summed E-state index contributed by atoms with van der Waals surface area (Å²) in [5, 5.41) is 0.448. The molecule has 0 fully saturated rings. The lowest BCUT2D eigenvalue weighted by molar-refractivity contribution is -0.144. The van der Waals surface area contributed by atoms with Gasteiger partial charge in [0.15, 0.2) is 5.78 Å². The van der Waals surface area contributed by atoms with Gasteiger partial charge in [0.1, 0.15) is 5.92 Å². The van der Waals surface area contributed by atoms with Gasteiger partial charge in [0.2, 0.25) is 0 Å². The molecule has 0 saturated carbocycles. The fourth-order valence-electron chi connectivity index (χ4n) is 3.06. The third-order valence-electron chi connectivity index (χ3n) is 4.58. The summed E-state index contributed by atoms with van der Waals surface area (Å²) in [5.41, 5.74) is 0.715. The van der Waals surface area contributed by atoms with Crippen LogP contribution >= 0.6 is 32.3 Å². The molecule has 2 aromatic carbocycles. The zero-order valence-electron chi connectivity index (χ0n) is 17.1. The van der Waals surface area contributed by atoms with E-state index in [1.165, 1.54) is 28.4 Å². The molecule has 0 aliphatic heterocycles. The summed E-state index contributed by atoms with van der Waals surface area (Å²) in [6, 6.07) is 13.7. The Labute approximate surface area is 190 Å². The summed E-state index contributed by atoms with van der Waals surface area (Å²) in [6.45, 7) is 2.48. The fraction of sp³-hybridized carbons (Fsp3) is 0.391. The van der Waals surface area contributed by atoms with E-state index in [1.807, 2.05) is 6.07 Å². The number of hydrogen-bond donors (Lipinski definition) is 0. The Morgan fingerprint density at radius 3 is 2.03 bits per heavy atom. The van der Waals surface area contributed by atoms with Crippen molar-refractivity contribution in [2.24, 2.45) is 0 Å². The lowest BCUT2D eigenvalue weighted by atomic mass is 9.90. The lowest BCUT2D eigenvalue weighted by Gasteiger charge is -2.17. The van der Waals surface area contributed by atoms with Crippen LogP contribution in [0.25, 0.3) is 0 Å². The summed E-state index contributed by atoms with van der Waals surface area (Å²) in [4.78, 5) is 26.0. The molecule has 0 radical (unpaired) electrons. The number of ether oxygens (including phenoxy) is 1. The van der Waals surface area contributed by atoms with Crippen molar-refractivity contribution in [3.8, 4) is 0 Å². The molecule has 0 N–H and O–H groups in total. The van der Waals surface area contributed by atoms with Gasteiger partial charge in [0.05, 0.1) is 22.2 Å². The van der Waals surface area contributed by atoms with Crippen LogP contribution in [0.1, 0.15) is 67.3 Å². The average Bonchev–Trinajstić information content (AvgIpc) is 2.75. The minimum Gasteiger partial charge on any atom is -0.465 e. The standard InChI is InChI=1S/C23H26Cl2O3.H2OP/c1-2-3-4-5-6-10-16-28-23(27)20(17-12-8-7-9-13-17)22(26)21-18(24)14-11-15-19(21)25;1-2/h7-9,11-15,20H,2-6,10,16H2,1H3;2H2/q;+1. The molecule has 0 spiro atoms. The molecule has 7 heteroatoms. The number of rotatable bonds is 11. The molecule has 2 atom stereocenters. The Balaban J connectivity index is 0.00000218. The molecule has 0 amide bonds. The Bertz CT molecular complexity index is 779. The molecule has 0 saturated heterocycles. The van der Waals surface area contributed by atoms with E-state index in [0.717, 1.165) is 19.3 Å². The summed E-state index contributed by atoms with van der Waals surface area (Å²) in [7, 11) is 1.17. The second-order valence-corrected chi connectivity index (χ2v) is 7.55. The molecule has 2 unspecified atom stereocenters. The van der Waals surface area contributed by atoms with Crippen molar-refractivity contribution in [1.82, 2.24) is 0 Å². The van der Waals surface area contributed by atoms with Gasteiger partial charge in [-0.3, -0.25) is 9.59 Å². The van der Waals surface area contributed by atoms with Gasteiger partial charge in [-0.2, -0.15) is 0 Å². The molecule has 2 aromatic rings. The fourth-order valence-corrected chi connectivity index (χ4v) is 3.64. The number of carbonyl (C=O) groups excluding carboxylic acids is 2. The third kappa shape index (κ3) is 8.18. The van der Waals surface area contributed by atoms with Crippen LogP contribution in [0.4, 0.5) is 0 Å². The van der Waals surface area contributed by atoms with Crippen molar-refractivity contribution in [3.05, 3.63) is 69.7 Å². The van der Waals surface area contributed by atoms with Crippen LogP contribution in [0.3, 0.4) is 0 Å². The van der Waals surface area contributed by atoms with E-state index in [1.54, 1.807) is 42.5 Å². The van der Waals surface area contributed by atoms with E-state index in [4.69, 9.17) is 32.5 Å². The zero-order chi connectivity index (χ0) is 22.4. The van der Waals surface area contributed by atoms with E-state index in [0.29, 0.717) is 12.2 Å². The molecular weight excluding hydrogens is 442 g/mol. The van der Waals surface area contributed by atoms with Crippen LogP contribution in [0.15, 0.2) is 48.5 Å². The number of esters is 1. The highest BCUT2D eigenvalue weighted by Crippen LogP contribution is 2.31. The van der Waals surface area contributed by atoms with Gasteiger partial charge in [-0.05, 0) is 24.1 Å². The van der Waals surface area contributed by atoms with Crippen molar-refractivity contribution in [2.75, 3.05) is 6.61 Å².